The second kappa shape index (κ2) is 3.77. The van der Waals surface area contributed by atoms with Gasteiger partial charge in [0.1, 0.15) is 0 Å². The third-order valence-corrected chi connectivity index (χ3v) is 2.84. The summed E-state index contributed by atoms with van der Waals surface area (Å²) < 4.78 is 39.2. The van der Waals surface area contributed by atoms with Gasteiger partial charge in [0.25, 0.3) is 0 Å². The van der Waals surface area contributed by atoms with Crippen molar-refractivity contribution in [3.63, 3.8) is 0 Å². The van der Waals surface area contributed by atoms with Gasteiger partial charge in [0.15, 0.2) is 0 Å². The van der Waals surface area contributed by atoms with Gasteiger partial charge in [0, 0.05) is 18.3 Å². The minimum atomic E-state index is -4.34. The predicted molar refractivity (Wildman–Crippen MR) is 58.6 cm³/mol. The topological polar surface area (TPSA) is 25.2 Å². The molecular weight excluding hydrogens is 231 g/mol. The van der Waals surface area contributed by atoms with Crippen LogP contribution in [0.25, 0.3) is 10.9 Å². The van der Waals surface area contributed by atoms with Crippen LogP contribution in [-0.2, 0) is 13.2 Å². The smallest absolute Gasteiger partial charge is 0.387 e. The Balaban J connectivity index is 2.66. The molecule has 0 spiro atoms. The molecular formula is C12H12F3NO. The molecule has 0 saturated heterocycles. The highest BCUT2D eigenvalue weighted by atomic mass is 19.4. The molecule has 0 aliphatic carbocycles. The van der Waals surface area contributed by atoms with Gasteiger partial charge in [0.2, 0.25) is 0 Å². The number of nitrogens with zero attached hydrogens (tertiary/aromatic N) is 1. The summed E-state index contributed by atoms with van der Waals surface area (Å²) >= 11 is 0. The van der Waals surface area contributed by atoms with E-state index < -0.39 is 17.8 Å². The molecule has 0 radical (unpaired) electrons. The molecule has 17 heavy (non-hydrogen) atoms. The SMILES string of the molecule is CC(O)c1cc2ccc(C(F)(F)F)cc2n1C. The first-order valence-corrected chi connectivity index (χ1v) is 5.15. The minimum absolute atomic E-state index is 0.468. The Hall–Kier alpha value is -1.49. The van der Waals surface area contributed by atoms with Crippen molar-refractivity contribution < 1.29 is 18.3 Å². The lowest BCUT2D eigenvalue weighted by atomic mass is 10.1. The lowest BCUT2D eigenvalue weighted by Crippen LogP contribution is -2.05. The third-order valence-electron chi connectivity index (χ3n) is 2.84. The summed E-state index contributed by atoms with van der Waals surface area (Å²) in [5.74, 6) is 0. The number of aliphatic hydroxyl groups excluding tert-OH is 1. The minimum Gasteiger partial charge on any atom is -0.387 e. The fraction of sp³-hybridized carbons (Fsp3) is 0.333. The Bertz CT molecular complexity index is 555. The molecule has 1 N–H and O–H groups in total. The van der Waals surface area contributed by atoms with Crippen LogP contribution in [0.1, 0.15) is 24.3 Å². The van der Waals surface area contributed by atoms with E-state index in [1.54, 1.807) is 24.6 Å². The fourth-order valence-corrected chi connectivity index (χ4v) is 1.93. The van der Waals surface area contributed by atoms with Crippen molar-refractivity contribution in [1.82, 2.24) is 4.57 Å². The number of rotatable bonds is 1. The second-order valence-corrected chi connectivity index (χ2v) is 4.08. The van der Waals surface area contributed by atoms with Gasteiger partial charge in [-0.25, -0.2) is 0 Å². The number of aromatic nitrogens is 1. The number of halogens is 3. The maximum Gasteiger partial charge on any atom is 0.416 e. The van der Waals surface area contributed by atoms with E-state index in [4.69, 9.17) is 0 Å². The molecule has 0 fully saturated rings. The Morgan fingerprint density at radius 3 is 2.41 bits per heavy atom. The fourth-order valence-electron chi connectivity index (χ4n) is 1.93. The Morgan fingerprint density at radius 2 is 1.88 bits per heavy atom. The van der Waals surface area contributed by atoms with Crippen LogP contribution in [0, 0.1) is 0 Å². The molecule has 2 nitrogen and oxygen atoms in total. The van der Waals surface area contributed by atoms with Crippen molar-refractivity contribution >= 4 is 10.9 Å². The molecule has 2 rings (SSSR count). The standard InChI is InChI=1S/C12H12F3NO/c1-7(17)10-5-8-3-4-9(12(13,14)15)6-11(8)16(10)2/h3-7,17H,1-2H3. The largest absolute Gasteiger partial charge is 0.416 e. The first-order valence-electron chi connectivity index (χ1n) is 5.15. The van der Waals surface area contributed by atoms with Gasteiger partial charge in [-0.05, 0) is 30.5 Å². The van der Waals surface area contributed by atoms with Gasteiger partial charge >= 0.3 is 6.18 Å². The van der Waals surface area contributed by atoms with Gasteiger partial charge in [-0.3, -0.25) is 0 Å². The van der Waals surface area contributed by atoms with E-state index in [1.807, 2.05) is 0 Å². The molecule has 0 amide bonds. The quantitative estimate of drug-likeness (QED) is 0.817. The van der Waals surface area contributed by atoms with Crippen molar-refractivity contribution in [1.29, 1.82) is 0 Å². The van der Waals surface area contributed by atoms with Crippen LogP contribution in [0.4, 0.5) is 13.2 Å². The number of alkyl halides is 3. The van der Waals surface area contributed by atoms with Crippen molar-refractivity contribution in [2.24, 2.45) is 7.05 Å². The van der Waals surface area contributed by atoms with Gasteiger partial charge in [0.05, 0.1) is 11.7 Å². The summed E-state index contributed by atoms with van der Waals surface area (Å²) in [6.45, 7) is 1.58. The number of hydrogen-bond donors (Lipinski definition) is 1. The summed E-state index contributed by atoms with van der Waals surface area (Å²) in [4.78, 5) is 0. The van der Waals surface area contributed by atoms with Gasteiger partial charge < -0.3 is 9.67 Å². The van der Waals surface area contributed by atoms with Crippen LogP contribution in [0.15, 0.2) is 24.3 Å². The first-order chi connectivity index (χ1) is 7.80. The van der Waals surface area contributed by atoms with E-state index in [2.05, 4.69) is 0 Å². The lowest BCUT2D eigenvalue weighted by molar-refractivity contribution is -0.137. The van der Waals surface area contributed by atoms with Crippen LogP contribution in [0.3, 0.4) is 0 Å². The highest BCUT2D eigenvalue weighted by Crippen LogP contribution is 2.32. The van der Waals surface area contributed by atoms with Crippen LogP contribution in [0.2, 0.25) is 0 Å². The first kappa shape index (κ1) is 12.0. The molecule has 1 atom stereocenters. The van der Waals surface area contributed by atoms with Crippen LogP contribution in [-0.4, -0.2) is 9.67 Å². The van der Waals surface area contributed by atoms with Gasteiger partial charge in [-0.1, -0.05) is 6.07 Å². The Morgan fingerprint density at radius 1 is 1.24 bits per heavy atom. The molecule has 1 aromatic heterocycles. The van der Waals surface area contributed by atoms with Crippen molar-refractivity contribution in [2.75, 3.05) is 0 Å². The van der Waals surface area contributed by atoms with Gasteiger partial charge in [-0.2, -0.15) is 13.2 Å². The number of hydrogen-bond acceptors (Lipinski definition) is 1. The van der Waals surface area contributed by atoms with E-state index in [1.165, 1.54) is 6.07 Å². The molecule has 5 heteroatoms. The lowest BCUT2D eigenvalue weighted by Gasteiger charge is -2.08. The number of benzene rings is 1. The predicted octanol–water partition coefficient (Wildman–Crippen LogP) is 3.25. The molecule has 0 bridgehead atoms. The molecule has 0 aliphatic heterocycles. The van der Waals surface area contributed by atoms with Crippen LogP contribution < -0.4 is 0 Å². The highest BCUT2D eigenvalue weighted by molar-refractivity contribution is 5.82. The van der Waals surface area contributed by atoms with E-state index >= 15 is 0 Å². The number of aliphatic hydroxyl groups is 1. The van der Waals surface area contributed by atoms with Crippen molar-refractivity contribution in [2.45, 2.75) is 19.2 Å². The molecule has 1 unspecified atom stereocenters. The molecule has 1 heterocycles. The molecule has 0 aliphatic rings. The normalized spacial score (nSPS) is 14.2. The Kier molecular flexibility index (Phi) is 2.66. The second-order valence-electron chi connectivity index (χ2n) is 4.08. The average Bonchev–Trinajstić information content (AvgIpc) is 2.54. The summed E-state index contributed by atoms with van der Waals surface area (Å²) in [6.07, 6.45) is -5.05. The molecule has 0 saturated carbocycles. The Labute approximate surface area is 96.3 Å². The van der Waals surface area contributed by atoms with Gasteiger partial charge in [-0.15, -0.1) is 0 Å². The van der Waals surface area contributed by atoms with Crippen molar-refractivity contribution in [3.8, 4) is 0 Å². The highest BCUT2D eigenvalue weighted by Gasteiger charge is 2.30. The third kappa shape index (κ3) is 2.02. The number of aryl methyl sites for hydroxylation is 1. The molecule has 92 valence electrons. The summed E-state index contributed by atoms with van der Waals surface area (Å²) in [5.41, 5.74) is 0.387. The maximum atomic E-state index is 12.6. The van der Waals surface area contributed by atoms with E-state index in [9.17, 15) is 18.3 Å². The summed E-state index contributed by atoms with van der Waals surface area (Å²) in [6, 6.07) is 5.26. The summed E-state index contributed by atoms with van der Waals surface area (Å²) in [7, 11) is 1.64. The van der Waals surface area contributed by atoms with Crippen LogP contribution >= 0.6 is 0 Å². The van der Waals surface area contributed by atoms with Crippen LogP contribution in [0.5, 0.6) is 0 Å². The monoisotopic (exact) mass is 243 g/mol. The average molecular weight is 243 g/mol. The molecule has 1 aromatic carbocycles. The van der Waals surface area contributed by atoms with E-state index in [-0.39, 0.29) is 0 Å². The van der Waals surface area contributed by atoms with Crippen molar-refractivity contribution in [3.05, 3.63) is 35.5 Å². The zero-order chi connectivity index (χ0) is 12.8. The van der Waals surface area contributed by atoms with E-state index in [0.29, 0.717) is 16.6 Å². The summed E-state index contributed by atoms with van der Waals surface area (Å²) in [5, 5.41) is 10.2. The maximum absolute atomic E-state index is 12.6. The molecule has 2 aromatic rings. The van der Waals surface area contributed by atoms with E-state index in [0.717, 1.165) is 12.1 Å². The zero-order valence-corrected chi connectivity index (χ0v) is 9.42. The zero-order valence-electron chi connectivity index (χ0n) is 9.42. The number of fused-ring (bicyclic) bond motifs is 1.